The first-order valence-corrected chi connectivity index (χ1v) is 13.2. The van der Waals surface area contributed by atoms with Crippen molar-refractivity contribution in [2.75, 3.05) is 10.2 Å². The quantitative estimate of drug-likeness (QED) is 0.317. The molecular weight excluding hydrogens is 488 g/mol. The van der Waals surface area contributed by atoms with Crippen LogP contribution in [0.15, 0.2) is 60.2 Å². The van der Waals surface area contributed by atoms with Gasteiger partial charge in [0.2, 0.25) is 5.91 Å². The van der Waals surface area contributed by atoms with Crippen molar-refractivity contribution in [1.29, 1.82) is 0 Å². The molecule has 0 aliphatic carbocycles. The normalized spacial score (nSPS) is 17.3. The summed E-state index contributed by atoms with van der Waals surface area (Å²) in [4.78, 5) is 23.4. The molecule has 9 heteroatoms. The van der Waals surface area contributed by atoms with Crippen molar-refractivity contribution in [3.05, 3.63) is 88.4 Å². The Morgan fingerprint density at radius 1 is 1.14 bits per heavy atom. The lowest BCUT2D eigenvalue weighted by atomic mass is 9.96. The summed E-state index contributed by atoms with van der Waals surface area (Å²) in [5, 5.41) is 10.1. The van der Waals surface area contributed by atoms with E-state index in [-0.39, 0.29) is 18.0 Å². The van der Waals surface area contributed by atoms with Gasteiger partial charge in [0.25, 0.3) is 0 Å². The first-order chi connectivity index (χ1) is 17.4. The molecule has 1 aliphatic heterocycles. The van der Waals surface area contributed by atoms with Crippen LogP contribution in [-0.2, 0) is 4.79 Å². The van der Waals surface area contributed by atoms with Gasteiger partial charge < -0.3 is 15.5 Å². The van der Waals surface area contributed by atoms with E-state index >= 15 is 0 Å². The summed E-state index contributed by atoms with van der Waals surface area (Å²) in [5.74, 6) is -0.00747. The van der Waals surface area contributed by atoms with Crippen molar-refractivity contribution in [3.8, 4) is 5.13 Å². The van der Waals surface area contributed by atoms with Gasteiger partial charge in [0, 0.05) is 47.0 Å². The molecule has 4 heterocycles. The summed E-state index contributed by atoms with van der Waals surface area (Å²) in [6.45, 7) is 8.08. The number of hydrogen-bond donors (Lipinski definition) is 2. The predicted molar refractivity (Wildman–Crippen MR) is 149 cm³/mol. The second-order valence-electron chi connectivity index (χ2n) is 8.87. The molecule has 0 bridgehead atoms. The van der Waals surface area contributed by atoms with Crippen molar-refractivity contribution < 1.29 is 4.79 Å². The highest BCUT2D eigenvalue weighted by Gasteiger charge is 2.42. The first-order valence-electron chi connectivity index (χ1n) is 11.9. The van der Waals surface area contributed by atoms with Crippen molar-refractivity contribution in [2.24, 2.45) is 0 Å². The molecule has 5 rings (SSSR count). The molecule has 1 aromatic carbocycles. The molecule has 184 valence electrons. The van der Waals surface area contributed by atoms with Crippen LogP contribution < -0.4 is 15.5 Å². The van der Waals surface area contributed by atoms with Crippen LogP contribution >= 0.6 is 23.6 Å². The van der Waals surface area contributed by atoms with Gasteiger partial charge in [0.05, 0.1) is 17.8 Å². The average Bonchev–Trinajstić information content (AvgIpc) is 3.58. The lowest BCUT2D eigenvalue weighted by Crippen LogP contribution is -2.29. The maximum Gasteiger partial charge on any atom is 0.224 e. The zero-order valence-corrected chi connectivity index (χ0v) is 22.3. The Morgan fingerprint density at radius 2 is 1.97 bits per heavy atom. The molecule has 0 saturated carbocycles. The van der Waals surface area contributed by atoms with E-state index in [1.54, 1.807) is 11.3 Å². The second-order valence-corrected chi connectivity index (χ2v) is 10.1. The van der Waals surface area contributed by atoms with Gasteiger partial charge in [-0.2, -0.15) is 0 Å². The highest BCUT2D eigenvalue weighted by molar-refractivity contribution is 7.80. The summed E-state index contributed by atoms with van der Waals surface area (Å²) in [6.07, 6.45) is 4.08. The van der Waals surface area contributed by atoms with E-state index in [1.807, 2.05) is 62.0 Å². The molecule has 2 N–H and O–H groups in total. The third-order valence-electron chi connectivity index (χ3n) is 6.58. The maximum atomic E-state index is 12.0. The Bertz CT molecular complexity index is 1410. The Hall–Kier alpha value is -3.56. The monoisotopic (exact) mass is 516 g/mol. The van der Waals surface area contributed by atoms with Crippen molar-refractivity contribution in [3.63, 3.8) is 0 Å². The van der Waals surface area contributed by atoms with Crippen LogP contribution in [0.1, 0.15) is 53.6 Å². The number of aryl methyl sites for hydroxylation is 2. The van der Waals surface area contributed by atoms with Crippen LogP contribution in [0.3, 0.4) is 0 Å². The highest BCUT2D eigenvalue weighted by atomic mass is 32.1. The Kier molecular flexibility index (Phi) is 6.59. The molecule has 36 heavy (non-hydrogen) atoms. The van der Waals surface area contributed by atoms with Gasteiger partial charge in [0.1, 0.15) is 0 Å². The molecule has 1 fully saturated rings. The molecule has 1 aliphatic rings. The number of thiocarbonyl (C=S) groups is 1. The molecule has 1 saturated heterocycles. The molecule has 4 aromatic rings. The van der Waals surface area contributed by atoms with Crippen molar-refractivity contribution >= 4 is 45.9 Å². The fourth-order valence-electron chi connectivity index (χ4n) is 4.83. The fraction of sp³-hybridized carbons (Fsp3) is 0.259. The van der Waals surface area contributed by atoms with E-state index in [2.05, 4.69) is 56.0 Å². The Balaban J connectivity index is 1.62. The maximum absolute atomic E-state index is 12.0. The number of carbonyl (C=O) groups is 1. The van der Waals surface area contributed by atoms with Crippen LogP contribution in [0.2, 0.25) is 0 Å². The summed E-state index contributed by atoms with van der Waals surface area (Å²) < 4.78 is 2.20. The number of thiazole rings is 1. The second kappa shape index (κ2) is 9.83. The fourth-order valence-corrected chi connectivity index (χ4v) is 5.93. The van der Waals surface area contributed by atoms with E-state index in [9.17, 15) is 4.79 Å². The third kappa shape index (κ3) is 4.29. The Morgan fingerprint density at radius 3 is 2.64 bits per heavy atom. The molecule has 0 radical (unpaired) electrons. The summed E-state index contributed by atoms with van der Waals surface area (Å²) in [6, 6.07) is 14.0. The third-order valence-corrected chi connectivity index (χ3v) is 7.65. The van der Waals surface area contributed by atoms with Crippen LogP contribution in [0, 0.1) is 20.8 Å². The first kappa shape index (κ1) is 24.1. The minimum Gasteiger partial charge on any atom is -0.351 e. The molecule has 7 nitrogen and oxygen atoms in total. The summed E-state index contributed by atoms with van der Waals surface area (Å²) in [5.41, 5.74) is 7.06. The molecular formula is C27H28N6OS2. The van der Waals surface area contributed by atoms with Crippen LogP contribution in [-0.4, -0.2) is 25.6 Å². The van der Waals surface area contributed by atoms with Gasteiger partial charge in [-0.05, 0) is 80.5 Å². The van der Waals surface area contributed by atoms with Crippen LogP contribution in [0.5, 0.6) is 0 Å². The number of nitrogens with one attached hydrogen (secondary N) is 2. The number of amides is 1. The molecule has 1 amide bonds. The number of nitrogens with zero attached hydrogens (tertiary/aromatic N) is 4. The number of rotatable bonds is 6. The lowest BCUT2D eigenvalue weighted by molar-refractivity contribution is -0.115. The van der Waals surface area contributed by atoms with Gasteiger partial charge in [-0.3, -0.25) is 14.3 Å². The van der Waals surface area contributed by atoms with E-state index in [0.29, 0.717) is 11.5 Å². The minimum atomic E-state index is -0.135. The van der Waals surface area contributed by atoms with E-state index in [4.69, 9.17) is 12.2 Å². The van der Waals surface area contributed by atoms with Gasteiger partial charge in [0.15, 0.2) is 10.2 Å². The average molecular weight is 517 g/mol. The summed E-state index contributed by atoms with van der Waals surface area (Å²) >= 11 is 7.52. The molecule has 3 aromatic heterocycles. The van der Waals surface area contributed by atoms with Crippen molar-refractivity contribution in [2.45, 2.75) is 46.2 Å². The number of hydrogen-bond acceptors (Lipinski definition) is 5. The number of pyridine rings is 1. The van der Waals surface area contributed by atoms with Crippen LogP contribution in [0.4, 0.5) is 11.4 Å². The van der Waals surface area contributed by atoms with Gasteiger partial charge in [-0.25, -0.2) is 4.98 Å². The largest absolute Gasteiger partial charge is 0.351 e. The number of aromatic nitrogens is 3. The minimum absolute atomic E-state index is 0.00747. The SMILES string of the molecule is CCC(=O)Nc1ccc(N2C(=S)N[C@H](c3ccccn3)[C@@H]2c2cc(C)n(-c3nccs3)c2C)cc1C. The van der Waals surface area contributed by atoms with Crippen LogP contribution in [0.25, 0.3) is 5.13 Å². The smallest absolute Gasteiger partial charge is 0.224 e. The summed E-state index contributed by atoms with van der Waals surface area (Å²) in [7, 11) is 0. The number of anilines is 2. The van der Waals surface area contributed by atoms with E-state index in [0.717, 1.165) is 44.7 Å². The van der Waals surface area contributed by atoms with E-state index < -0.39 is 0 Å². The standard InChI is InChI=1S/C27H28N6OS2/c1-5-23(34)30-21-10-9-19(14-16(21)2)33-25(24(31-26(33)35)22-8-6-7-11-28-22)20-15-17(3)32(18(20)4)27-29-12-13-36-27/h6-15,24-25H,5H2,1-4H3,(H,30,34)(H,31,35)/t24-,25+/m1/s1. The lowest BCUT2D eigenvalue weighted by Gasteiger charge is -2.28. The Labute approximate surface area is 220 Å². The van der Waals surface area contributed by atoms with E-state index in [1.165, 1.54) is 0 Å². The molecule has 2 atom stereocenters. The number of benzene rings is 1. The zero-order valence-electron chi connectivity index (χ0n) is 20.6. The zero-order chi connectivity index (χ0) is 25.4. The predicted octanol–water partition coefficient (Wildman–Crippen LogP) is 5.78. The van der Waals surface area contributed by atoms with Crippen molar-refractivity contribution in [1.82, 2.24) is 19.9 Å². The molecule has 0 spiro atoms. The van der Waals surface area contributed by atoms with Gasteiger partial charge in [-0.15, -0.1) is 11.3 Å². The number of carbonyl (C=O) groups excluding carboxylic acids is 1. The van der Waals surface area contributed by atoms with Gasteiger partial charge >= 0.3 is 0 Å². The highest BCUT2D eigenvalue weighted by Crippen LogP contribution is 2.44. The van der Waals surface area contributed by atoms with Gasteiger partial charge in [-0.1, -0.05) is 13.0 Å². The topological polar surface area (TPSA) is 75.1 Å². The molecule has 0 unspecified atom stereocenters.